The Kier molecular flexibility index (Phi) is 9.62. The van der Waals surface area contributed by atoms with Crippen molar-refractivity contribution in [2.45, 2.75) is 25.3 Å². The minimum atomic E-state index is 0. The molecule has 1 aliphatic heterocycles. The van der Waals surface area contributed by atoms with Gasteiger partial charge in [0.25, 0.3) is 0 Å². The van der Waals surface area contributed by atoms with Gasteiger partial charge in [0.15, 0.2) is 0 Å². The second kappa shape index (κ2) is 10.0. The number of hydrogen-bond acceptors (Lipinski definition) is 3. The molecular weight excluding hydrogens is 331 g/mol. The molecule has 3 heterocycles. The molecule has 2 aromatic rings. The van der Waals surface area contributed by atoms with E-state index in [0.29, 0.717) is 5.92 Å². The molecule has 0 aliphatic carbocycles. The second-order valence-electron chi connectivity index (χ2n) is 4.81. The zero-order valence-electron chi connectivity index (χ0n) is 11.6. The lowest BCUT2D eigenvalue weighted by Crippen LogP contribution is -2.30. The number of rotatable bonds is 3. The molecule has 2 aromatic heterocycles. The quantitative estimate of drug-likeness (QED) is 0.924. The molecule has 1 unspecified atom stereocenters. The van der Waals surface area contributed by atoms with Crippen LogP contribution >= 0.6 is 37.2 Å². The van der Waals surface area contributed by atoms with E-state index in [1.54, 1.807) is 0 Å². The summed E-state index contributed by atoms with van der Waals surface area (Å²) in [4.78, 5) is 8.60. The zero-order valence-corrected chi connectivity index (χ0v) is 14.1. The van der Waals surface area contributed by atoms with Crippen LogP contribution in [0, 0.1) is 0 Å². The maximum Gasteiger partial charge on any atom is 0.113 e. The Labute approximate surface area is 144 Å². The maximum atomic E-state index is 4.54. The molecule has 0 amide bonds. The molecule has 1 N–H and O–H groups in total. The Morgan fingerprint density at radius 3 is 2.57 bits per heavy atom. The number of hydrogen-bond donors (Lipinski definition) is 1. The van der Waals surface area contributed by atoms with Gasteiger partial charge >= 0.3 is 0 Å². The Morgan fingerprint density at radius 1 is 1.14 bits per heavy atom. The first kappa shape index (κ1) is 20.2. The van der Waals surface area contributed by atoms with Gasteiger partial charge in [0.1, 0.15) is 5.82 Å². The zero-order chi connectivity index (χ0) is 12.2. The first-order chi connectivity index (χ1) is 8.93. The van der Waals surface area contributed by atoms with E-state index in [4.69, 9.17) is 0 Å². The van der Waals surface area contributed by atoms with Crippen LogP contribution in [-0.2, 0) is 6.54 Å². The van der Waals surface area contributed by atoms with Gasteiger partial charge in [0.05, 0.1) is 0 Å². The van der Waals surface area contributed by atoms with Gasteiger partial charge in [0.2, 0.25) is 0 Å². The summed E-state index contributed by atoms with van der Waals surface area (Å²) in [7, 11) is 0. The predicted octanol–water partition coefficient (Wildman–Crippen LogP) is 3.06. The lowest BCUT2D eigenvalue weighted by atomic mass is 9.99. The molecule has 1 saturated heterocycles. The molecule has 3 rings (SSSR count). The summed E-state index contributed by atoms with van der Waals surface area (Å²) in [5.41, 5.74) is 1.27. The van der Waals surface area contributed by atoms with Gasteiger partial charge in [-0.25, -0.2) is 4.98 Å². The number of imidazole rings is 1. The largest absolute Gasteiger partial charge is 0.330 e. The van der Waals surface area contributed by atoms with Gasteiger partial charge < -0.3 is 9.88 Å². The minimum absolute atomic E-state index is 0. The highest BCUT2D eigenvalue weighted by molar-refractivity contribution is 5.86. The summed E-state index contributed by atoms with van der Waals surface area (Å²) in [6, 6.07) is 4.12. The summed E-state index contributed by atoms with van der Waals surface area (Å²) in [6.45, 7) is 3.07. The molecule has 21 heavy (non-hydrogen) atoms. The molecule has 0 bridgehead atoms. The van der Waals surface area contributed by atoms with E-state index >= 15 is 0 Å². The molecule has 0 saturated carbocycles. The van der Waals surface area contributed by atoms with Crippen molar-refractivity contribution in [3.63, 3.8) is 0 Å². The van der Waals surface area contributed by atoms with Crippen molar-refractivity contribution in [2.75, 3.05) is 13.1 Å². The molecule has 0 spiro atoms. The maximum absolute atomic E-state index is 4.54. The van der Waals surface area contributed by atoms with Crippen molar-refractivity contribution in [3.8, 4) is 0 Å². The normalized spacial score (nSPS) is 17.0. The highest BCUT2D eigenvalue weighted by atomic mass is 35.5. The smallest absolute Gasteiger partial charge is 0.113 e. The van der Waals surface area contributed by atoms with E-state index in [2.05, 4.69) is 38.2 Å². The Hall–Kier alpha value is -0.810. The monoisotopic (exact) mass is 350 g/mol. The molecule has 1 fully saturated rings. The second-order valence-corrected chi connectivity index (χ2v) is 4.81. The lowest BCUT2D eigenvalue weighted by molar-refractivity contribution is 0.435. The molecule has 0 radical (unpaired) electrons. The van der Waals surface area contributed by atoms with Crippen molar-refractivity contribution in [3.05, 3.63) is 48.3 Å². The van der Waals surface area contributed by atoms with Gasteiger partial charge in [-0.2, -0.15) is 0 Å². The molecule has 1 atom stereocenters. The average Bonchev–Trinajstić information content (AvgIpc) is 2.89. The predicted molar refractivity (Wildman–Crippen MR) is 92.2 cm³/mol. The van der Waals surface area contributed by atoms with E-state index in [-0.39, 0.29) is 37.2 Å². The van der Waals surface area contributed by atoms with Crippen LogP contribution in [0.4, 0.5) is 0 Å². The molecule has 1 aliphatic rings. The van der Waals surface area contributed by atoms with Crippen molar-refractivity contribution in [1.82, 2.24) is 19.9 Å². The van der Waals surface area contributed by atoms with Gasteiger partial charge in [0, 0.05) is 43.8 Å². The van der Waals surface area contributed by atoms with Crippen LogP contribution in [0.5, 0.6) is 0 Å². The molecule has 7 heteroatoms. The van der Waals surface area contributed by atoms with Crippen LogP contribution in [-0.4, -0.2) is 27.6 Å². The summed E-state index contributed by atoms with van der Waals surface area (Å²) in [5.74, 6) is 1.76. The fraction of sp³-hybridized carbons (Fsp3) is 0.429. The summed E-state index contributed by atoms with van der Waals surface area (Å²) < 4.78 is 2.26. The van der Waals surface area contributed by atoms with Crippen molar-refractivity contribution in [2.24, 2.45) is 0 Å². The summed E-state index contributed by atoms with van der Waals surface area (Å²) >= 11 is 0. The first-order valence-corrected chi connectivity index (χ1v) is 6.54. The standard InChI is InChI=1S/C14H18N4.3ClH/c1-2-13(10-16-5-1)14-17-8-9-18(14)11-12-3-6-15-7-4-12;;;/h3-4,6-9,13,16H,1-2,5,10-11H2;3*1H. The van der Waals surface area contributed by atoms with Crippen LogP contribution in [0.2, 0.25) is 0 Å². The number of nitrogens with zero attached hydrogens (tertiary/aromatic N) is 3. The third kappa shape index (κ3) is 5.15. The van der Waals surface area contributed by atoms with Crippen LogP contribution in [0.15, 0.2) is 36.9 Å². The van der Waals surface area contributed by atoms with Crippen LogP contribution in [0.3, 0.4) is 0 Å². The number of nitrogens with one attached hydrogen (secondary N) is 1. The molecule has 118 valence electrons. The number of halogens is 3. The third-order valence-corrected chi connectivity index (χ3v) is 3.51. The van der Waals surface area contributed by atoms with E-state index in [9.17, 15) is 0 Å². The molecular formula is C14H21Cl3N4. The van der Waals surface area contributed by atoms with Gasteiger partial charge in [-0.3, -0.25) is 4.98 Å². The lowest BCUT2D eigenvalue weighted by Gasteiger charge is -2.23. The van der Waals surface area contributed by atoms with Crippen molar-refractivity contribution in [1.29, 1.82) is 0 Å². The van der Waals surface area contributed by atoms with Crippen molar-refractivity contribution < 1.29 is 0 Å². The van der Waals surface area contributed by atoms with E-state index in [0.717, 1.165) is 19.6 Å². The summed E-state index contributed by atoms with van der Waals surface area (Å²) in [5, 5.41) is 3.45. The highest BCUT2D eigenvalue weighted by Gasteiger charge is 2.19. The third-order valence-electron chi connectivity index (χ3n) is 3.51. The highest BCUT2D eigenvalue weighted by Crippen LogP contribution is 2.22. The van der Waals surface area contributed by atoms with E-state index in [1.165, 1.54) is 24.2 Å². The van der Waals surface area contributed by atoms with Crippen molar-refractivity contribution >= 4 is 37.2 Å². The first-order valence-electron chi connectivity index (χ1n) is 6.54. The van der Waals surface area contributed by atoms with Gasteiger partial charge in [-0.05, 0) is 37.1 Å². The van der Waals surface area contributed by atoms with Gasteiger partial charge in [-0.1, -0.05) is 0 Å². The van der Waals surface area contributed by atoms with Gasteiger partial charge in [-0.15, -0.1) is 37.2 Å². The fourth-order valence-electron chi connectivity index (χ4n) is 2.57. The fourth-order valence-corrected chi connectivity index (χ4v) is 2.57. The van der Waals surface area contributed by atoms with E-state index < -0.39 is 0 Å². The van der Waals surface area contributed by atoms with Crippen LogP contribution < -0.4 is 5.32 Å². The average molecular weight is 352 g/mol. The molecule has 4 nitrogen and oxygen atoms in total. The van der Waals surface area contributed by atoms with E-state index in [1.807, 2.05) is 18.6 Å². The summed E-state index contributed by atoms with van der Waals surface area (Å²) in [6.07, 6.45) is 10.1. The topological polar surface area (TPSA) is 42.7 Å². The number of pyridine rings is 1. The number of aromatic nitrogens is 3. The SMILES string of the molecule is Cl.Cl.Cl.c1cc(Cn2ccnc2C2CCCNC2)ccn1. The van der Waals surface area contributed by atoms with Crippen LogP contribution in [0.25, 0.3) is 0 Å². The Balaban J connectivity index is 0.00000133. The minimum Gasteiger partial charge on any atom is -0.330 e. The van der Waals surface area contributed by atoms with Crippen LogP contribution in [0.1, 0.15) is 30.1 Å². The Morgan fingerprint density at radius 2 is 1.90 bits per heavy atom. The number of piperidine rings is 1. The molecule has 0 aromatic carbocycles. The Bertz CT molecular complexity index is 498.